The van der Waals surface area contributed by atoms with Crippen LogP contribution in [-0.2, 0) is 12.4 Å². The number of pyridine rings is 1. The second-order valence-electron chi connectivity index (χ2n) is 5.72. The van der Waals surface area contributed by atoms with Gasteiger partial charge in [-0.2, -0.15) is 26.3 Å². The Balaban J connectivity index is 2.26. The van der Waals surface area contributed by atoms with E-state index in [1.807, 2.05) is 0 Å². The van der Waals surface area contributed by atoms with Gasteiger partial charge in [0.1, 0.15) is 11.4 Å². The van der Waals surface area contributed by atoms with E-state index in [2.05, 4.69) is 17.2 Å². The van der Waals surface area contributed by atoms with Gasteiger partial charge in [-0.05, 0) is 43.7 Å². The lowest BCUT2D eigenvalue weighted by Gasteiger charge is -2.28. The van der Waals surface area contributed by atoms with E-state index in [-0.39, 0.29) is 11.7 Å². The standard InChI is InChI=1S/C14H16F6N2/c1-8-2-4-9(5-3-8)21-10-6-11(13(15,16)17)22-12(7-10)14(18,19)20/h6-9H,2-5H2,1H3,(H,21,22). The van der Waals surface area contributed by atoms with E-state index in [9.17, 15) is 26.3 Å². The van der Waals surface area contributed by atoms with Crippen LogP contribution in [-0.4, -0.2) is 11.0 Å². The molecule has 0 spiro atoms. The highest BCUT2D eigenvalue weighted by Gasteiger charge is 2.39. The number of nitrogens with one attached hydrogen (secondary N) is 1. The van der Waals surface area contributed by atoms with Crippen molar-refractivity contribution >= 4 is 5.69 Å². The second kappa shape index (κ2) is 5.96. The molecule has 0 unspecified atom stereocenters. The predicted octanol–water partition coefficient (Wildman–Crippen LogP) is 5.11. The maximum Gasteiger partial charge on any atom is 0.433 e. The molecule has 0 aliphatic heterocycles. The molecule has 1 N–H and O–H groups in total. The molecule has 1 fully saturated rings. The van der Waals surface area contributed by atoms with Gasteiger partial charge in [-0.15, -0.1) is 0 Å². The van der Waals surface area contributed by atoms with Crippen LogP contribution in [0.2, 0.25) is 0 Å². The van der Waals surface area contributed by atoms with Gasteiger partial charge in [-0.25, -0.2) is 4.98 Å². The average Bonchev–Trinajstić information content (AvgIpc) is 2.39. The van der Waals surface area contributed by atoms with Crippen molar-refractivity contribution in [3.63, 3.8) is 0 Å². The van der Waals surface area contributed by atoms with E-state index in [4.69, 9.17) is 0 Å². The number of hydrogen-bond acceptors (Lipinski definition) is 2. The molecule has 0 saturated heterocycles. The first-order valence-electron chi connectivity index (χ1n) is 6.98. The molecule has 0 aromatic carbocycles. The molecule has 0 atom stereocenters. The molecule has 124 valence electrons. The summed E-state index contributed by atoms with van der Waals surface area (Å²) in [6.07, 6.45) is -6.57. The number of hydrogen-bond donors (Lipinski definition) is 1. The summed E-state index contributed by atoms with van der Waals surface area (Å²) in [6.45, 7) is 2.08. The van der Waals surface area contributed by atoms with Gasteiger partial charge in [0.2, 0.25) is 0 Å². The number of rotatable bonds is 2. The summed E-state index contributed by atoms with van der Waals surface area (Å²) in [5, 5.41) is 2.79. The van der Waals surface area contributed by atoms with Crippen molar-refractivity contribution in [3.8, 4) is 0 Å². The molecule has 8 heteroatoms. The van der Waals surface area contributed by atoms with Crippen LogP contribution in [0.5, 0.6) is 0 Å². The Bertz CT molecular complexity index is 483. The molecule has 0 amide bonds. The number of aromatic nitrogens is 1. The SMILES string of the molecule is CC1CCC(Nc2cc(C(F)(F)F)nc(C(F)(F)F)c2)CC1. The van der Waals surface area contributed by atoms with E-state index in [1.54, 1.807) is 0 Å². The first-order chi connectivity index (χ1) is 10.1. The minimum absolute atomic E-state index is 0.110. The number of anilines is 1. The van der Waals surface area contributed by atoms with Crippen molar-refractivity contribution < 1.29 is 26.3 Å². The van der Waals surface area contributed by atoms with Crippen molar-refractivity contribution in [2.24, 2.45) is 5.92 Å². The molecule has 2 nitrogen and oxygen atoms in total. The second-order valence-corrected chi connectivity index (χ2v) is 5.72. The molecule has 1 aliphatic carbocycles. The minimum atomic E-state index is -4.92. The molecule has 22 heavy (non-hydrogen) atoms. The van der Waals surface area contributed by atoms with Gasteiger partial charge >= 0.3 is 12.4 Å². The lowest BCUT2D eigenvalue weighted by molar-refractivity contribution is -0.150. The van der Waals surface area contributed by atoms with Crippen molar-refractivity contribution in [3.05, 3.63) is 23.5 Å². The highest BCUT2D eigenvalue weighted by molar-refractivity contribution is 5.47. The Morgan fingerprint density at radius 1 is 0.909 bits per heavy atom. The van der Waals surface area contributed by atoms with Gasteiger partial charge in [0, 0.05) is 11.7 Å². The summed E-state index contributed by atoms with van der Waals surface area (Å²) in [5.41, 5.74) is -3.25. The molecule has 0 bridgehead atoms. The first-order valence-corrected chi connectivity index (χ1v) is 6.98. The summed E-state index contributed by atoms with van der Waals surface area (Å²) in [5.74, 6) is 0.534. The van der Waals surface area contributed by atoms with Crippen molar-refractivity contribution in [1.82, 2.24) is 4.98 Å². The lowest BCUT2D eigenvalue weighted by Crippen LogP contribution is -2.26. The molecule has 2 rings (SSSR count). The Labute approximate surface area is 123 Å². The van der Waals surface area contributed by atoms with Crippen LogP contribution in [0.25, 0.3) is 0 Å². The van der Waals surface area contributed by atoms with Crippen molar-refractivity contribution in [1.29, 1.82) is 0 Å². The first kappa shape index (κ1) is 16.9. The highest BCUT2D eigenvalue weighted by Crippen LogP contribution is 2.36. The average molecular weight is 326 g/mol. The third-order valence-electron chi connectivity index (χ3n) is 3.79. The largest absolute Gasteiger partial charge is 0.433 e. The van der Waals surface area contributed by atoms with Gasteiger partial charge in [-0.1, -0.05) is 6.92 Å². The van der Waals surface area contributed by atoms with Gasteiger partial charge < -0.3 is 5.32 Å². The van der Waals surface area contributed by atoms with E-state index in [0.717, 1.165) is 25.7 Å². The third-order valence-corrected chi connectivity index (χ3v) is 3.79. The fourth-order valence-corrected chi connectivity index (χ4v) is 2.54. The molecular weight excluding hydrogens is 310 g/mol. The van der Waals surface area contributed by atoms with Gasteiger partial charge in [-0.3, -0.25) is 0 Å². The molecule has 1 saturated carbocycles. The zero-order valence-corrected chi connectivity index (χ0v) is 11.9. The Morgan fingerprint density at radius 2 is 1.36 bits per heavy atom. The van der Waals surface area contributed by atoms with E-state index in [0.29, 0.717) is 18.1 Å². The smallest absolute Gasteiger partial charge is 0.382 e. The Hall–Kier alpha value is -1.47. The van der Waals surface area contributed by atoms with Crippen LogP contribution in [0, 0.1) is 5.92 Å². The summed E-state index contributed by atoms with van der Waals surface area (Å²) in [6, 6.07) is 1.15. The van der Waals surface area contributed by atoms with Crippen LogP contribution >= 0.6 is 0 Å². The van der Waals surface area contributed by atoms with Gasteiger partial charge in [0.05, 0.1) is 0 Å². The van der Waals surface area contributed by atoms with Crippen molar-refractivity contribution in [2.45, 2.75) is 51.0 Å². The molecule has 1 aromatic heterocycles. The summed E-state index contributed by atoms with van der Waals surface area (Å²) < 4.78 is 76.2. The van der Waals surface area contributed by atoms with Crippen molar-refractivity contribution in [2.75, 3.05) is 5.32 Å². The summed E-state index contributed by atoms with van der Waals surface area (Å²) in [4.78, 5) is 2.69. The zero-order valence-electron chi connectivity index (χ0n) is 11.9. The Kier molecular flexibility index (Phi) is 4.58. The fourth-order valence-electron chi connectivity index (χ4n) is 2.54. The summed E-state index contributed by atoms with van der Waals surface area (Å²) in [7, 11) is 0. The molecule has 0 radical (unpaired) electrons. The zero-order chi connectivity index (χ0) is 16.5. The quantitative estimate of drug-likeness (QED) is 0.764. The lowest BCUT2D eigenvalue weighted by atomic mass is 9.87. The normalized spacial score (nSPS) is 23.4. The number of nitrogens with zero attached hydrogens (tertiary/aromatic N) is 1. The topological polar surface area (TPSA) is 24.9 Å². The number of alkyl halides is 6. The molecular formula is C14H16F6N2. The van der Waals surface area contributed by atoms with Crippen LogP contribution in [0.1, 0.15) is 44.0 Å². The maximum absolute atomic E-state index is 12.7. The molecule has 1 heterocycles. The third kappa shape index (κ3) is 4.27. The number of halogens is 6. The van der Waals surface area contributed by atoms with Gasteiger partial charge in [0.25, 0.3) is 0 Å². The predicted molar refractivity (Wildman–Crippen MR) is 69.3 cm³/mol. The minimum Gasteiger partial charge on any atom is -0.382 e. The van der Waals surface area contributed by atoms with E-state index in [1.165, 1.54) is 0 Å². The van der Waals surface area contributed by atoms with Crippen LogP contribution in [0.3, 0.4) is 0 Å². The van der Waals surface area contributed by atoms with E-state index < -0.39 is 23.7 Å². The summed E-state index contributed by atoms with van der Waals surface area (Å²) >= 11 is 0. The molecule has 1 aromatic rings. The fraction of sp³-hybridized carbons (Fsp3) is 0.643. The maximum atomic E-state index is 12.7. The van der Waals surface area contributed by atoms with Gasteiger partial charge in [0.15, 0.2) is 0 Å². The highest BCUT2D eigenvalue weighted by atomic mass is 19.4. The monoisotopic (exact) mass is 326 g/mol. The van der Waals surface area contributed by atoms with Crippen LogP contribution < -0.4 is 5.32 Å². The van der Waals surface area contributed by atoms with Crippen LogP contribution in [0.4, 0.5) is 32.0 Å². The van der Waals surface area contributed by atoms with E-state index >= 15 is 0 Å². The van der Waals surface area contributed by atoms with Crippen LogP contribution in [0.15, 0.2) is 12.1 Å². The Morgan fingerprint density at radius 3 is 1.77 bits per heavy atom. The molecule has 1 aliphatic rings.